The highest BCUT2D eigenvalue weighted by molar-refractivity contribution is 5.93. The summed E-state index contributed by atoms with van der Waals surface area (Å²) in [6.45, 7) is 0.228. The van der Waals surface area contributed by atoms with Gasteiger partial charge in [0.15, 0.2) is 23.3 Å². The largest absolute Gasteiger partial charge is 0.465 e. The van der Waals surface area contributed by atoms with E-state index in [2.05, 4.69) is 31.1 Å². The SMILES string of the molecule is CN(C)c1nn(C)c2ccc(Nc3nc(NC(CNC(=O)O)Cn4cccn4)c(F)cc3C#N)cc12. The Morgan fingerprint density at radius 3 is 2.78 bits per heavy atom. The third-order valence-corrected chi connectivity index (χ3v) is 5.42. The molecule has 0 bridgehead atoms. The summed E-state index contributed by atoms with van der Waals surface area (Å²) in [7, 11) is 5.65. The van der Waals surface area contributed by atoms with Crippen LogP contribution in [0, 0.1) is 17.1 Å². The minimum Gasteiger partial charge on any atom is -0.465 e. The molecule has 0 aliphatic heterocycles. The zero-order valence-electron chi connectivity index (χ0n) is 19.9. The highest BCUT2D eigenvalue weighted by Gasteiger charge is 2.18. The van der Waals surface area contributed by atoms with Gasteiger partial charge in [-0.1, -0.05) is 0 Å². The third-order valence-electron chi connectivity index (χ3n) is 5.42. The first-order valence-electron chi connectivity index (χ1n) is 11.0. The molecular formula is C23H25FN10O2. The van der Waals surface area contributed by atoms with Crippen LogP contribution in [0.1, 0.15) is 5.56 Å². The van der Waals surface area contributed by atoms with Gasteiger partial charge in [0.1, 0.15) is 6.07 Å². The summed E-state index contributed by atoms with van der Waals surface area (Å²) >= 11 is 0. The predicted octanol–water partition coefficient (Wildman–Crippen LogP) is 2.73. The molecule has 36 heavy (non-hydrogen) atoms. The van der Waals surface area contributed by atoms with Crippen LogP contribution in [0.25, 0.3) is 10.9 Å². The molecule has 0 fully saturated rings. The van der Waals surface area contributed by atoms with Crippen LogP contribution < -0.4 is 20.9 Å². The molecule has 1 atom stereocenters. The molecule has 1 amide bonds. The Labute approximate surface area is 206 Å². The van der Waals surface area contributed by atoms with E-state index in [4.69, 9.17) is 5.11 Å². The van der Waals surface area contributed by atoms with Crippen LogP contribution in [0.2, 0.25) is 0 Å². The second-order valence-corrected chi connectivity index (χ2v) is 8.28. The number of halogens is 1. The number of nitrogens with zero attached hydrogens (tertiary/aromatic N) is 7. The van der Waals surface area contributed by atoms with Gasteiger partial charge in [0.25, 0.3) is 0 Å². The standard InChI is InChI=1S/C23H25FN10O2/c1-32(2)22-17-10-15(5-6-19(17)33(3)31-22)28-20-14(11-25)9-18(24)21(30-20)29-16(12-26-23(35)36)13-34-8-4-7-27-34/h4-10,16,26H,12-13H2,1-3H3,(H,35,36)(H2,28,29,30). The van der Waals surface area contributed by atoms with Gasteiger partial charge in [0, 0.05) is 51.2 Å². The lowest BCUT2D eigenvalue weighted by Gasteiger charge is -2.20. The van der Waals surface area contributed by atoms with E-state index in [0.717, 1.165) is 22.8 Å². The number of nitriles is 1. The molecule has 0 spiro atoms. The van der Waals surface area contributed by atoms with Gasteiger partial charge in [-0.25, -0.2) is 14.2 Å². The smallest absolute Gasteiger partial charge is 0.404 e. The lowest BCUT2D eigenvalue weighted by atomic mass is 10.2. The van der Waals surface area contributed by atoms with Gasteiger partial charge >= 0.3 is 6.09 Å². The van der Waals surface area contributed by atoms with Crippen molar-refractivity contribution in [3.63, 3.8) is 0 Å². The summed E-state index contributed by atoms with van der Waals surface area (Å²) in [6.07, 6.45) is 2.09. The van der Waals surface area contributed by atoms with Gasteiger partial charge in [0.2, 0.25) is 0 Å². The van der Waals surface area contributed by atoms with Gasteiger partial charge in [0.05, 0.1) is 23.7 Å². The Morgan fingerprint density at radius 1 is 1.31 bits per heavy atom. The molecule has 0 radical (unpaired) electrons. The zero-order valence-corrected chi connectivity index (χ0v) is 19.9. The highest BCUT2D eigenvalue weighted by atomic mass is 19.1. The number of carboxylic acid groups (broad SMARTS) is 1. The molecule has 1 unspecified atom stereocenters. The van der Waals surface area contributed by atoms with Crippen molar-refractivity contribution < 1.29 is 14.3 Å². The van der Waals surface area contributed by atoms with Crippen LogP contribution in [0.15, 0.2) is 42.7 Å². The summed E-state index contributed by atoms with van der Waals surface area (Å²) in [4.78, 5) is 17.2. The van der Waals surface area contributed by atoms with Gasteiger partial charge in [-0.15, -0.1) is 0 Å². The van der Waals surface area contributed by atoms with E-state index in [-0.39, 0.29) is 30.3 Å². The zero-order chi connectivity index (χ0) is 25.8. The van der Waals surface area contributed by atoms with Crippen molar-refractivity contribution in [1.82, 2.24) is 29.9 Å². The molecule has 1 aromatic carbocycles. The van der Waals surface area contributed by atoms with Crippen LogP contribution in [-0.4, -0.2) is 62.4 Å². The number of anilines is 4. The van der Waals surface area contributed by atoms with Crippen LogP contribution in [-0.2, 0) is 13.6 Å². The molecule has 4 aromatic rings. The number of aryl methyl sites for hydroxylation is 1. The average molecular weight is 493 g/mol. The topological polar surface area (TPSA) is 149 Å². The molecule has 0 aliphatic rings. The summed E-state index contributed by atoms with van der Waals surface area (Å²) < 4.78 is 18.2. The summed E-state index contributed by atoms with van der Waals surface area (Å²) in [6, 6.07) is 9.80. The van der Waals surface area contributed by atoms with Crippen LogP contribution in [0.3, 0.4) is 0 Å². The number of nitrogens with one attached hydrogen (secondary N) is 3. The fourth-order valence-electron chi connectivity index (χ4n) is 3.76. The van der Waals surface area contributed by atoms with Crippen molar-refractivity contribution in [2.75, 3.05) is 36.2 Å². The Hall–Kier alpha value is -4.86. The number of rotatable bonds is 9. The Morgan fingerprint density at radius 2 is 2.11 bits per heavy atom. The first-order chi connectivity index (χ1) is 17.2. The van der Waals surface area contributed by atoms with E-state index >= 15 is 0 Å². The second kappa shape index (κ2) is 10.2. The molecule has 3 aromatic heterocycles. The fraction of sp³-hybridized carbons (Fsp3) is 0.261. The van der Waals surface area contributed by atoms with E-state index in [1.165, 1.54) is 0 Å². The molecule has 186 valence electrons. The second-order valence-electron chi connectivity index (χ2n) is 8.28. The highest BCUT2D eigenvalue weighted by Crippen LogP contribution is 2.30. The van der Waals surface area contributed by atoms with E-state index in [0.29, 0.717) is 5.69 Å². The molecule has 4 rings (SSSR count). The number of fused-ring (bicyclic) bond motifs is 1. The molecule has 0 saturated carbocycles. The molecule has 0 saturated heterocycles. The third kappa shape index (κ3) is 5.27. The van der Waals surface area contributed by atoms with E-state index in [1.807, 2.05) is 50.3 Å². The van der Waals surface area contributed by atoms with Gasteiger partial charge in [-0.3, -0.25) is 9.36 Å². The predicted molar refractivity (Wildman–Crippen MR) is 133 cm³/mol. The molecule has 4 N–H and O–H groups in total. The van der Waals surface area contributed by atoms with Gasteiger partial charge < -0.3 is 26.0 Å². The number of aromatic nitrogens is 5. The molecule has 13 heteroatoms. The maximum Gasteiger partial charge on any atom is 0.404 e. The average Bonchev–Trinajstić information content (AvgIpc) is 3.47. The van der Waals surface area contributed by atoms with Crippen LogP contribution in [0.4, 0.5) is 32.3 Å². The van der Waals surface area contributed by atoms with Crippen molar-refractivity contribution in [3.8, 4) is 6.07 Å². The maximum absolute atomic E-state index is 14.9. The first-order valence-corrected chi connectivity index (χ1v) is 11.0. The lowest BCUT2D eigenvalue weighted by molar-refractivity contribution is 0.193. The minimum atomic E-state index is -1.21. The number of hydrogen-bond donors (Lipinski definition) is 4. The number of pyridine rings is 1. The summed E-state index contributed by atoms with van der Waals surface area (Å²) in [5.41, 5.74) is 1.58. The van der Waals surface area contributed by atoms with Crippen molar-refractivity contribution in [2.24, 2.45) is 7.05 Å². The van der Waals surface area contributed by atoms with Gasteiger partial charge in [-0.2, -0.15) is 15.5 Å². The first kappa shape index (κ1) is 24.3. The monoisotopic (exact) mass is 492 g/mol. The Balaban J connectivity index is 1.64. The fourth-order valence-corrected chi connectivity index (χ4v) is 3.76. The van der Waals surface area contributed by atoms with Crippen molar-refractivity contribution in [1.29, 1.82) is 5.26 Å². The Kier molecular flexibility index (Phi) is 6.86. The van der Waals surface area contributed by atoms with Crippen molar-refractivity contribution >= 4 is 40.1 Å². The number of carbonyl (C=O) groups is 1. The van der Waals surface area contributed by atoms with E-state index in [9.17, 15) is 14.4 Å². The molecule has 3 heterocycles. The van der Waals surface area contributed by atoms with E-state index in [1.54, 1.807) is 27.8 Å². The van der Waals surface area contributed by atoms with Gasteiger partial charge in [-0.05, 0) is 30.3 Å². The molecule has 12 nitrogen and oxygen atoms in total. The normalized spacial score (nSPS) is 11.6. The lowest BCUT2D eigenvalue weighted by Crippen LogP contribution is -2.39. The number of amides is 1. The number of hydrogen-bond acceptors (Lipinski definition) is 8. The maximum atomic E-state index is 14.9. The van der Waals surface area contributed by atoms with Crippen molar-refractivity contribution in [2.45, 2.75) is 12.6 Å². The number of benzene rings is 1. The summed E-state index contributed by atoms with van der Waals surface area (Å²) in [5, 5.41) is 36.4. The Bertz CT molecular complexity index is 1430. The summed E-state index contributed by atoms with van der Waals surface area (Å²) in [5.74, 6) is 0.0614. The quantitative estimate of drug-likeness (QED) is 0.277. The van der Waals surface area contributed by atoms with Crippen LogP contribution in [0.5, 0.6) is 0 Å². The minimum absolute atomic E-state index is 0.0180. The molecular weight excluding hydrogens is 467 g/mol. The van der Waals surface area contributed by atoms with Crippen molar-refractivity contribution in [3.05, 3.63) is 54.1 Å². The molecule has 0 aliphatic carbocycles. The van der Waals surface area contributed by atoms with E-state index < -0.39 is 18.0 Å². The van der Waals surface area contributed by atoms with Crippen LogP contribution >= 0.6 is 0 Å².